The summed E-state index contributed by atoms with van der Waals surface area (Å²) in [4.78, 5) is 2.27. The van der Waals surface area contributed by atoms with E-state index in [4.69, 9.17) is 0 Å². The van der Waals surface area contributed by atoms with E-state index in [9.17, 15) is 0 Å². The maximum atomic E-state index is 3.34. The van der Waals surface area contributed by atoms with Gasteiger partial charge in [0.15, 0.2) is 0 Å². The molecule has 0 aliphatic heterocycles. The minimum atomic E-state index is 0.347. The van der Waals surface area contributed by atoms with Crippen LogP contribution < -0.4 is 5.32 Å². The van der Waals surface area contributed by atoms with Gasteiger partial charge in [0.25, 0.3) is 0 Å². The molecule has 1 rings (SSSR count). The molecule has 1 aliphatic carbocycles. The third kappa shape index (κ3) is 0.970. The van der Waals surface area contributed by atoms with E-state index in [1.165, 1.54) is 19.3 Å². The first-order valence-electron chi connectivity index (χ1n) is 3.58. The van der Waals surface area contributed by atoms with Crippen LogP contribution >= 0.6 is 0 Å². The SMILES string of the molecule is CNC1(N(C)C)CCC1. The third-order valence-corrected chi connectivity index (χ3v) is 2.50. The molecule has 0 aromatic carbocycles. The molecule has 0 saturated heterocycles. The highest BCUT2D eigenvalue weighted by molar-refractivity contribution is 4.91. The van der Waals surface area contributed by atoms with Crippen molar-refractivity contribution in [3.63, 3.8) is 0 Å². The van der Waals surface area contributed by atoms with Crippen LogP contribution in [0.25, 0.3) is 0 Å². The molecule has 2 heteroatoms. The standard InChI is InChI=1S/C7H16N2/c1-8-7(9(2)3)5-4-6-7/h8H,4-6H2,1-3H3. The lowest BCUT2D eigenvalue weighted by Gasteiger charge is -2.47. The van der Waals surface area contributed by atoms with E-state index in [0.717, 1.165) is 0 Å². The van der Waals surface area contributed by atoms with E-state index < -0.39 is 0 Å². The fraction of sp³-hybridized carbons (Fsp3) is 1.00. The average Bonchev–Trinajstić information content (AvgIpc) is 1.62. The van der Waals surface area contributed by atoms with Gasteiger partial charge in [0.2, 0.25) is 0 Å². The molecular formula is C7H16N2. The normalized spacial score (nSPS) is 24.0. The van der Waals surface area contributed by atoms with Crippen LogP contribution in [0, 0.1) is 0 Å². The summed E-state index contributed by atoms with van der Waals surface area (Å²) in [5.74, 6) is 0. The highest BCUT2D eigenvalue weighted by Gasteiger charge is 2.36. The van der Waals surface area contributed by atoms with Gasteiger partial charge in [-0.3, -0.25) is 4.90 Å². The predicted octanol–water partition coefficient (Wildman–Crippen LogP) is 0.648. The van der Waals surface area contributed by atoms with Crippen molar-refractivity contribution in [3.8, 4) is 0 Å². The summed E-state index contributed by atoms with van der Waals surface area (Å²) in [6.45, 7) is 0. The molecule has 0 atom stereocenters. The molecule has 54 valence electrons. The summed E-state index contributed by atoms with van der Waals surface area (Å²) in [6.07, 6.45) is 3.98. The minimum absolute atomic E-state index is 0.347. The topological polar surface area (TPSA) is 15.3 Å². The predicted molar refractivity (Wildman–Crippen MR) is 39.3 cm³/mol. The largest absolute Gasteiger partial charge is 0.302 e. The summed E-state index contributed by atoms with van der Waals surface area (Å²) < 4.78 is 0. The van der Waals surface area contributed by atoms with Gasteiger partial charge in [-0.2, -0.15) is 0 Å². The molecule has 0 spiro atoms. The summed E-state index contributed by atoms with van der Waals surface area (Å²) in [7, 11) is 6.31. The minimum Gasteiger partial charge on any atom is -0.302 e. The Morgan fingerprint density at radius 2 is 1.89 bits per heavy atom. The van der Waals surface area contributed by atoms with E-state index in [0.29, 0.717) is 5.66 Å². The first-order chi connectivity index (χ1) is 4.21. The van der Waals surface area contributed by atoms with Crippen molar-refractivity contribution < 1.29 is 0 Å². The number of nitrogens with zero attached hydrogens (tertiary/aromatic N) is 1. The molecular weight excluding hydrogens is 112 g/mol. The summed E-state index contributed by atoms with van der Waals surface area (Å²) in [5, 5.41) is 3.34. The van der Waals surface area contributed by atoms with Crippen LogP contribution in [0.1, 0.15) is 19.3 Å². The second-order valence-electron chi connectivity index (χ2n) is 3.03. The van der Waals surface area contributed by atoms with Gasteiger partial charge >= 0.3 is 0 Å². The first kappa shape index (κ1) is 7.03. The molecule has 0 radical (unpaired) electrons. The fourth-order valence-corrected chi connectivity index (χ4v) is 1.43. The van der Waals surface area contributed by atoms with E-state index in [2.05, 4.69) is 24.3 Å². The lowest BCUT2D eigenvalue weighted by atomic mass is 9.84. The summed E-state index contributed by atoms with van der Waals surface area (Å²) in [5.41, 5.74) is 0.347. The van der Waals surface area contributed by atoms with Gasteiger partial charge in [0.05, 0.1) is 5.66 Å². The Hall–Kier alpha value is -0.0800. The Bertz CT molecular complexity index is 89.6. The Morgan fingerprint density at radius 1 is 1.33 bits per heavy atom. The van der Waals surface area contributed by atoms with Gasteiger partial charge in [0.1, 0.15) is 0 Å². The molecule has 0 heterocycles. The molecule has 9 heavy (non-hydrogen) atoms. The summed E-state index contributed by atoms with van der Waals surface area (Å²) in [6, 6.07) is 0. The molecule has 0 aromatic heterocycles. The molecule has 0 aromatic rings. The zero-order chi connectivity index (χ0) is 6.91. The molecule has 0 unspecified atom stereocenters. The second-order valence-corrected chi connectivity index (χ2v) is 3.03. The van der Waals surface area contributed by atoms with E-state index >= 15 is 0 Å². The van der Waals surface area contributed by atoms with Crippen LogP contribution in [-0.2, 0) is 0 Å². The average molecular weight is 128 g/mol. The second kappa shape index (κ2) is 2.27. The molecule has 1 N–H and O–H groups in total. The molecule has 1 aliphatic rings. The Kier molecular flexibility index (Phi) is 1.78. The van der Waals surface area contributed by atoms with Crippen molar-refractivity contribution >= 4 is 0 Å². The van der Waals surface area contributed by atoms with Crippen LogP contribution in [0.15, 0.2) is 0 Å². The van der Waals surface area contributed by atoms with Crippen molar-refractivity contribution in [2.75, 3.05) is 21.1 Å². The molecule has 1 saturated carbocycles. The molecule has 1 fully saturated rings. The smallest absolute Gasteiger partial charge is 0.0705 e. The van der Waals surface area contributed by atoms with Gasteiger partial charge < -0.3 is 5.32 Å². The molecule has 2 nitrogen and oxygen atoms in total. The van der Waals surface area contributed by atoms with Gasteiger partial charge in [-0.25, -0.2) is 0 Å². The fourth-order valence-electron chi connectivity index (χ4n) is 1.43. The molecule has 0 bridgehead atoms. The maximum absolute atomic E-state index is 3.34. The highest BCUT2D eigenvalue weighted by Crippen LogP contribution is 2.32. The van der Waals surface area contributed by atoms with Gasteiger partial charge in [0, 0.05) is 0 Å². The van der Waals surface area contributed by atoms with Crippen LogP contribution in [0.2, 0.25) is 0 Å². The van der Waals surface area contributed by atoms with Crippen LogP contribution in [-0.4, -0.2) is 31.7 Å². The van der Waals surface area contributed by atoms with Crippen molar-refractivity contribution in [2.24, 2.45) is 0 Å². The van der Waals surface area contributed by atoms with Gasteiger partial charge in [-0.05, 0) is 40.4 Å². The van der Waals surface area contributed by atoms with E-state index in [-0.39, 0.29) is 0 Å². The van der Waals surface area contributed by atoms with E-state index in [1.807, 2.05) is 7.05 Å². The van der Waals surface area contributed by atoms with Crippen LogP contribution in [0.5, 0.6) is 0 Å². The van der Waals surface area contributed by atoms with Crippen molar-refractivity contribution in [1.29, 1.82) is 0 Å². The Morgan fingerprint density at radius 3 is 1.89 bits per heavy atom. The monoisotopic (exact) mass is 128 g/mol. The van der Waals surface area contributed by atoms with Crippen LogP contribution in [0.4, 0.5) is 0 Å². The van der Waals surface area contributed by atoms with Gasteiger partial charge in [-0.1, -0.05) is 0 Å². The number of nitrogens with one attached hydrogen (secondary N) is 1. The zero-order valence-corrected chi connectivity index (χ0v) is 6.57. The Balaban J connectivity index is 2.46. The van der Waals surface area contributed by atoms with Crippen molar-refractivity contribution in [2.45, 2.75) is 24.9 Å². The zero-order valence-electron chi connectivity index (χ0n) is 6.57. The number of rotatable bonds is 2. The van der Waals surface area contributed by atoms with Crippen molar-refractivity contribution in [3.05, 3.63) is 0 Å². The maximum Gasteiger partial charge on any atom is 0.0705 e. The number of hydrogen-bond acceptors (Lipinski definition) is 2. The van der Waals surface area contributed by atoms with Gasteiger partial charge in [-0.15, -0.1) is 0 Å². The number of hydrogen-bond donors (Lipinski definition) is 1. The Labute approximate surface area is 57.2 Å². The van der Waals surface area contributed by atoms with Crippen LogP contribution in [0.3, 0.4) is 0 Å². The highest BCUT2D eigenvalue weighted by atomic mass is 15.3. The lowest BCUT2D eigenvalue weighted by molar-refractivity contribution is 0.0330. The van der Waals surface area contributed by atoms with Crippen molar-refractivity contribution in [1.82, 2.24) is 10.2 Å². The first-order valence-corrected chi connectivity index (χ1v) is 3.58. The molecule has 0 amide bonds. The lowest BCUT2D eigenvalue weighted by Crippen LogP contribution is -2.59. The third-order valence-electron chi connectivity index (χ3n) is 2.50. The quantitative estimate of drug-likeness (QED) is 0.549. The van der Waals surface area contributed by atoms with E-state index in [1.54, 1.807) is 0 Å². The summed E-state index contributed by atoms with van der Waals surface area (Å²) >= 11 is 0.